The molecular weight excluding hydrogens is 161 g/mol. The highest BCUT2D eigenvalue weighted by molar-refractivity contribution is 5.78. The summed E-state index contributed by atoms with van der Waals surface area (Å²) in [6.45, 7) is 3.03. The van der Waals surface area contributed by atoms with E-state index in [0.29, 0.717) is 0 Å². The van der Waals surface area contributed by atoms with E-state index >= 15 is 0 Å². The maximum absolute atomic E-state index is 12.4. The number of hydrogen-bond donors (Lipinski definition) is 2. The fraction of sp³-hybridized carbons (Fsp3) is 0.875. The highest BCUT2D eigenvalue weighted by Crippen LogP contribution is 1.99. The molecular formula is C8H16FNO2. The van der Waals surface area contributed by atoms with E-state index in [-0.39, 0.29) is 18.4 Å². The maximum atomic E-state index is 12.4. The van der Waals surface area contributed by atoms with Gasteiger partial charge in [-0.05, 0) is 6.42 Å². The Morgan fingerprint density at radius 1 is 1.67 bits per heavy atom. The number of hydrogen-bond acceptors (Lipinski definition) is 2. The summed E-state index contributed by atoms with van der Waals surface area (Å²) in [6, 6.07) is 0. The zero-order valence-electron chi connectivity index (χ0n) is 7.51. The van der Waals surface area contributed by atoms with Crippen molar-refractivity contribution in [2.45, 2.75) is 26.4 Å². The van der Waals surface area contributed by atoms with Crippen LogP contribution in [-0.2, 0) is 4.79 Å². The molecule has 0 aromatic rings. The maximum Gasteiger partial charge on any atom is 0.222 e. The monoisotopic (exact) mass is 177 g/mol. The molecule has 2 N–H and O–H groups in total. The number of amides is 1. The van der Waals surface area contributed by atoms with Gasteiger partial charge in [0.15, 0.2) is 0 Å². The quantitative estimate of drug-likeness (QED) is 0.641. The highest BCUT2D eigenvalue weighted by atomic mass is 19.1. The first-order chi connectivity index (χ1) is 5.61. The van der Waals surface area contributed by atoms with Crippen LogP contribution in [0.1, 0.15) is 20.3 Å². The van der Waals surface area contributed by atoms with Crippen molar-refractivity contribution >= 4 is 5.91 Å². The summed E-state index contributed by atoms with van der Waals surface area (Å²) in [6.07, 6.45) is -0.611. The standard InChI is InChI=1S/C8H16FNO2/c1-3-6(2)8(12)10-4-7(9)5-11/h6-7,11H,3-5H2,1-2H3,(H,10,12). The minimum absolute atomic E-state index is 0.0871. The Morgan fingerprint density at radius 3 is 2.67 bits per heavy atom. The topological polar surface area (TPSA) is 49.3 Å². The SMILES string of the molecule is CCC(C)C(=O)NCC(F)CO. The Hall–Kier alpha value is -0.640. The van der Waals surface area contributed by atoms with E-state index in [1.165, 1.54) is 0 Å². The van der Waals surface area contributed by atoms with Gasteiger partial charge in [-0.25, -0.2) is 4.39 Å². The molecule has 0 radical (unpaired) electrons. The van der Waals surface area contributed by atoms with E-state index < -0.39 is 12.8 Å². The molecule has 1 amide bonds. The van der Waals surface area contributed by atoms with Crippen LogP contribution >= 0.6 is 0 Å². The average Bonchev–Trinajstić information content (AvgIpc) is 2.11. The number of carbonyl (C=O) groups excluding carboxylic acids is 1. The summed E-state index contributed by atoms with van der Waals surface area (Å²) >= 11 is 0. The van der Waals surface area contributed by atoms with Crippen molar-refractivity contribution in [1.29, 1.82) is 0 Å². The molecule has 2 atom stereocenters. The van der Waals surface area contributed by atoms with E-state index in [1.54, 1.807) is 6.92 Å². The minimum Gasteiger partial charge on any atom is -0.393 e. The summed E-state index contributed by atoms with van der Waals surface area (Å²) < 4.78 is 12.4. The lowest BCUT2D eigenvalue weighted by Crippen LogP contribution is -2.35. The molecule has 0 saturated carbocycles. The number of aliphatic hydroxyl groups is 1. The lowest BCUT2D eigenvalue weighted by atomic mass is 10.1. The first-order valence-electron chi connectivity index (χ1n) is 4.14. The van der Waals surface area contributed by atoms with Gasteiger partial charge in [0.1, 0.15) is 6.17 Å². The summed E-state index contributed by atoms with van der Waals surface area (Å²) in [5.74, 6) is -0.246. The molecule has 2 unspecified atom stereocenters. The number of aliphatic hydroxyl groups excluding tert-OH is 1. The normalized spacial score (nSPS) is 15.3. The van der Waals surface area contributed by atoms with Gasteiger partial charge in [0.25, 0.3) is 0 Å². The minimum atomic E-state index is -1.35. The van der Waals surface area contributed by atoms with Gasteiger partial charge in [-0.1, -0.05) is 13.8 Å². The van der Waals surface area contributed by atoms with E-state index in [9.17, 15) is 9.18 Å². The predicted molar refractivity (Wildman–Crippen MR) is 44.4 cm³/mol. The van der Waals surface area contributed by atoms with Crippen molar-refractivity contribution in [3.8, 4) is 0 Å². The van der Waals surface area contributed by atoms with Crippen LogP contribution in [0.25, 0.3) is 0 Å². The number of alkyl halides is 1. The van der Waals surface area contributed by atoms with E-state index in [0.717, 1.165) is 6.42 Å². The Labute approximate surface area is 72.0 Å². The largest absolute Gasteiger partial charge is 0.393 e. The fourth-order valence-electron chi connectivity index (χ4n) is 0.636. The van der Waals surface area contributed by atoms with E-state index in [1.807, 2.05) is 6.92 Å². The smallest absolute Gasteiger partial charge is 0.222 e. The molecule has 0 saturated heterocycles. The van der Waals surface area contributed by atoms with Crippen molar-refractivity contribution in [1.82, 2.24) is 5.32 Å². The van der Waals surface area contributed by atoms with Gasteiger partial charge >= 0.3 is 0 Å². The summed E-state index contributed by atoms with van der Waals surface area (Å²) in [4.78, 5) is 11.0. The molecule has 0 aromatic heterocycles. The molecule has 0 heterocycles. The van der Waals surface area contributed by atoms with Crippen LogP contribution in [0.5, 0.6) is 0 Å². The molecule has 12 heavy (non-hydrogen) atoms. The molecule has 4 heteroatoms. The van der Waals surface area contributed by atoms with Crippen LogP contribution in [0, 0.1) is 5.92 Å². The fourth-order valence-corrected chi connectivity index (χ4v) is 0.636. The van der Waals surface area contributed by atoms with Crippen LogP contribution < -0.4 is 5.32 Å². The Morgan fingerprint density at radius 2 is 2.25 bits per heavy atom. The molecule has 0 aromatic carbocycles. The van der Waals surface area contributed by atoms with Gasteiger partial charge in [-0.15, -0.1) is 0 Å². The Kier molecular flexibility index (Phi) is 5.62. The second kappa shape index (κ2) is 5.94. The van der Waals surface area contributed by atoms with Crippen molar-refractivity contribution in [2.75, 3.05) is 13.2 Å². The second-order valence-corrected chi connectivity index (χ2v) is 2.83. The average molecular weight is 177 g/mol. The van der Waals surface area contributed by atoms with Crippen molar-refractivity contribution in [3.05, 3.63) is 0 Å². The van der Waals surface area contributed by atoms with Crippen molar-refractivity contribution < 1.29 is 14.3 Å². The van der Waals surface area contributed by atoms with Gasteiger partial charge in [0.05, 0.1) is 13.2 Å². The highest BCUT2D eigenvalue weighted by Gasteiger charge is 2.11. The molecule has 0 aliphatic carbocycles. The van der Waals surface area contributed by atoms with Crippen molar-refractivity contribution in [3.63, 3.8) is 0 Å². The predicted octanol–water partition coefficient (Wildman–Crippen LogP) is 0.479. The molecule has 0 bridgehead atoms. The van der Waals surface area contributed by atoms with E-state index in [4.69, 9.17) is 5.11 Å². The summed E-state index contributed by atoms with van der Waals surface area (Å²) in [7, 11) is 0. The zero-order chi connectivity index (χ0) is 9.56. The van der Waals surface area contributed by atoms with Crippen molar-refractivity contribution in [2.24, 2.45) is 5.92 Å². The first-order valence-corrected chi connectivity index (χ1v) is 4.14. The number of nitrogens with one attached hydrogen (secondary N) is 1. The van der Waals surface area contributed by atoms with Crippen LogP contribution in [0.15, 0.2) is 0 Å². The van der Waals surface area contributed by atoms with Crippen LogP contribution in [-0.4, -0.2) is 30.3 Å². The number of halogens is 1. The molecule has 0 spiro atoms. The van der Waals surface area contributed by atoms with Gasteiger partial charge in [-0.2, -0.15) is 0 Å². The third-order valence-electron chi connectivity index (χ3n) is 1.76. The number of carbonyl (C=O) groups is 1. The van der Waals surface area contributed by atoms with Gasteiger partial charge < -0.3 is 10.4 Å². The lowest BCUT2D eigenvalue weighted by Gasteiger charge is -2.10. The third kappa shape index (κ3) is 4.28. The second-order valence-electron chi connectivity index (χ2n) is 2.83. The Balaban J connectivity index is 3.56. The number of rotatable bonds is 5. The van der Waals surface area contributed by atoms with Gasteiger partial charge in [0, 0.05) is 5.92 Å². The molecule has 0 aliphatic rings. The van der Waals surface area contributed by atoms with Gasteiger partial charge in [-0.3, -0.25) is 4.79 Å². The molecule has 3 nitrogen and oxygen atoms in total. The molecule has 72 valence electrons. The summed E-state index contributed by atoms with van der Waals surface area (Å²) in [5, 5.41) is 10.7. The van der Waals surface area contributed by atoms with Crippen LogP contribution in [0.3, 0.4) is 0 Å². The van der Waals surface area contributed by atoms with Gasteiger partial charge in [0.2, 0.25) is 5.91 Å². The summed E-state index contributed by atoms with van der Waals surface area (Å²) in [5.41, 5.74) is 0. The Bertz CT molecular complexity index is 141. The lowest BCUT2D eigenvalue weighted by molar-refractivity contribution is -0.124. The van der Waals surface area contributed by atoms with Crippen LogP contribution in [0.2, 0.25) is 0 Å². The van der Waals surface area contributed by atoms with Crippen LogP contribution in [0.4, 0.5) is 4.39 Å². The zero-order valence-corrected chi connectivity index (χ0v) is 7.51. The third-order valence-corrected chi connectivity index (χ3v) is 1.76. The molecule has 0 rings (SSSR count). The molecule has 0 fully saturated rings. The molecule has 0 aliphatic heterocycles. The van der Waals surface area contributed by atoms with E-state index in [2.05, 4.69) is 5.32 Å². The first kappa shape index (κ1) is 11.4.